The van der Waals surface area contributed by atoms with E-state index in [0.717, 1.165) is 0 Å². The van der Waals surface area contributed by atoms with Gasteiger partial charge in [0.15, 0.2) is 0 Å². The Morgan fingerprint density at radius 1 is 1.29 bits per heavy atom. The maximum absolute atomic E-state index is 11.8. The highest BCUT2D eigenvalue weighted by Crippen LogP contribution is 2.12. The van der Waals surface area contributed by atoms with E-state index in [0.29, 0.717) is 29.2 Å². The first-order valence-electron chi connectivity index (χ1n) is 6.84. The van der Waals surface area contributed by atoms with Gasteiger partial charge in [-0.2, -0.15) is 15.0 Å². The molecule has 0 saturated carbocycles. The van der Waals surface area contributed by atoms with E-state index in [4.69, 9.17) is 5.73 Å². The molecule has 1 heterocycles. The van der Waals surface area contributed by atoms with Gasteiger partial charge >= 0.3 is 0 Å². The molecule has 1 aromatic rings. The van der Waals surface area contributed by atoms with Gasteiger partial charge in [-0.3, -0.25) is 4.79 Å². The van der Waals surface area contributed by atoms with Gasteiger partial charge in [0.25, 0.3) is 0 Å². The van der Waals surface area contributed by atoms with Gasteiger partial charge in [-0.05, 0) is 12.8 Å². The molecule has 0 aliphatic heterocycles. The van der Waals surface area contributed by atoms with Crippen molar-refractivity contribution in [3.05, 3.63) is 5.82 Å². The minimum atomic E-state index is 0.0241. The lowest BCUT2D eigenvalue weighted by atomic mass is 10.1. The van der Waals surface area contributed by atoms with E-state index < -0.39 is 0 Å². The van der Waals surface area contributed by atoms with Crippen molar-refractivity contribution in [3.63, 3.8) is 0 Å². The van der Waals surface area contributed by atoms with Crippen molar-refractivity contribution in [3.8, 4) is 0 Å². The number of nitrogens with zero attached hydrogens (tertiary/aromatic N) is 4. The molecule has 8 heteroatoms. The SMILES string of the molecule is CC(C)C(C)NC(=O)CSCc1nc(N)nc(N(C)C)n1. The summed E-state index contributed by atoms with van der Waals surface area (Å²) in [6, 6.07) is 0.172. The number of amides is 1. The molecular weight excluding hydrogens is 288 g/mol. The van der Waals surface area contributed by atoms with Crippen molar-refractivity contribution in [2.24, 2.45) is 5.92 Å². The van der Waals surface area contributed by atoms with Crippen molar-refractivity contribution < 1.29 is 4.79 Å². The molecule has 1 aromatic heterocycles. The van der Waals surface area contributed by atoms with Crippen molar-refractivity contribution in [2.45, 2.75) is 32.6 Å². The maximum Gasteiger partial charge on any atom is 0.230 e. The van der Waals surface area contributed by atoms with Crippen LogP contribution in [-0.2, 0) is 10.5 Å². The fraction of sp³-hybridized carbons (Fsp3) is 0.692. The van der Waals surface area contributed by atoms with E-state index >= 15 is 0 Å². The summed E-state index contributed by atoms with van der Waals surface area (Å²) in [6.07, 6.45) is 0. The zero-order valence-electron chi connectivity index (χ0n) is 13.3. The summed E-state index contributed by atoms with van der Waals surface area (Å²) < 4.78 is 0. The van der Waals surface area contributed by atoms with Crippen LogP contribution in [-0.4, -0.2) is 46.7 Å². The largest absolute Gasteiger partial charge is 0.368 e. The summed E-state index contributed by atoms with van der Waals surface area (Å²) in [5.74, 6) is 2.65. The number of nitrogens with two attached hydrogens (primary N) is 1. The first-order valence-corrected chi connectivity index (χ1v) is 8.00. The molecule has 0 spiro atoms. The number of hydrogen-bond acceptors (Lipinski definition) is 7. The molecule has 0 aromatic carbocycles. The van der Waals surface area contributed by atoms with Crippen LogP contribution in [0.15, 0.2) is 0 Å². The second-order valence-electron chi connectivity index (χ2n) is 5.40. The van der Waals surface area contributed by atoms with E-state index in [1.165, 1.54) is 11.8 Å². The summed E-state index contributed by atoms with van der Waals surface area (Å²) in [5, 5.41) is 2.96. The van der Waals surface area contributed by atoms with Gasteiger partial charge in [0, 0.05) is 20.1 Å². The summed E-state index contributed by atoms with van der Waals surface area (Å²) in [4.78, 5) is 25.9. The van der Waals surface area contributed by atoms with E-state index in [1.807, 2.05) is 21.0 Å². The molecule has 0 fully saturated rings. The Morgan fingerprint density at radius 2 is 1.95 bits per heavy atom. The van der Waals surface area contributed by atoms with E-state index in [2.05, 4.69) is 34.1 Å². The second kappa shape index (κ2) is 8.02. The lowest BCUT2D eigenvalue weighted by Gasteiger charge is -2.17. The Labute approximate surface area is 130 Å². The third-order valence-corrected chi connectivity index (χ3v) is 3.87. The zero-order valence-corrected chi connectivity index (χ0v) is 14.1. The number of aromatic nitrogens is 3. The summed E-state index contributed by atoms with van der Waals surface area (Å²) in [7, 11) is 3.68. The topological polar surface area (TPSA) is 97.0 Å². The van der Waals surface area contributed by atoms with Crippen LogP contribution < -0.4 is 16.0 Å². The van der Waals surface area contributed by atoms with E-state index in [1.54, 1.807) is 4.90 Å². The highest BCUT2D eigenvalue weighted by atomic mass is 32.2. The number of anilines is 2. The number of nitrogen functional groups attached to an aromatic ring is 1. The highest BCUT2D eigenvalue weighted by Gasteiger charge is 2.11. The minimum Gasteiger partial charge on any atom is -0.368 e. The lowest BCUT2D eigenvalue weighted by molar-refractivity contribution is -0.119. The normalized spacial score (nSPS) is 12.3. The fourth-order valence-electron chi connectivity index (χ4n) is 1.39. The minimum absolute atomic E-state index is 0.0241. The Kier molecular flexibility index (Phi) is 6.67. The molecule has 1 unspecified atom stereocenters. The molecule has 0 saturated heterocycles. The van der Waals surface area contributed by atoms with E-state index in [-0.39, 0.29) is 17.9 Å². The third kappa shape index (κ3) is 6.16. The average Bonchev–Trinajstić information content (AvgIpc) is 2.37. The maximum atomic E-state index is 11.8. The summed E-state index contributed by atoms with van der Waals surface area (Å²) in [5.41, 5.74) is 5.65. The van der Waals surface area contributed by atoms with Crippen LogP contribution >= 0.6 is 11.8 Å². The molecule has 1 amide bonds. The first kappa shape index (κ1) is 17.5. The van der Waals surface area contributed by atoms with Crippen LogP contribution in [0.4, 0.5) is 11.9 Å². The van der Waals surface area contributed by atoms with Crippen LogP contribution in [0.25, 0.3) is 0 Å². The molecule has 7 nitrogen and oxygen atoms in total. The first-order chi connectivity index (χ1) is 9.79. The summed E-state index contributed by atoms with van der Waals surface area (Å²) in [6.45, 7) is 6.16. The van der Waals surface area contributed by atoms with Crippen molar-refractivity contribution in [1.82, 2.24) is 20.3 Å². The molecule has 3 N–H and O–H groups in total. The van der Waals surface area contributed by atoms with Crippen LogP contribution in [0.1, 0.15) is 26.6 Å². The standard InChI is InChI=1S/C13H24N6OS/c1-8(2)9(3)15-11(20)7-21-6-10-16-12(14)18-13(17-10)19(4)5/h8-9H,6-7H2,1-5H3,(H,15,20)(H2,14,16,17,18). The third-order valence-electron chi connectivity index (χ3n) is 2.94. The molecule has 1 rings (SSSR count). The van der Waals surface area contributed by atoms with Gasteiger partial charge in [0.1, 0.15) is 5.82 Å². The number of rotatable bonds is 7. The molecule has 0 bridgehead atoms. The van der Waals surface area contributed by atoms with Gasteiger partial charge in [-0.15, -0.1) is 11.8 Å². The number of carbonyl (C=O) groups is 1. The van der Waals surface area contributed by atoms with Crippen LogP contribution in [0, 0.1) is 5.92 Å². The average molecular weight is 312 g/mol. The molecule has 21 heavy (non-hydrogen) atoms. The lowest BCUT2D eigenvalue weighted by Crippen LogP contribution is -2.37. The number of thioether (sulfide) groups is 1. The zero-order chi connectivity index (χ0) is 16.0. The van der Waals surface area contributed by atoms with Crippen LogP contribution in [0.2, 0.25) is 0 Å². The van der Waals surface area contributed by atoms with E-state index in [9.17, 15) is 4.79 Å². The van der Waals surface area contributed by atoms with Crippen molar-refractivity contribution in [2.75, 3.05) is 30.5 Å². The smallest absolute Gasteiger partial charge is 0.230 e. The van der Waals surface area contributed by atoms with Gasteiger partial charge in [0.2, 0.25) is 17.8 Å². The van der Waals surface area contributed by atoms with Gasteiger partial charge < -0.3 is 16.0 Å². The van der Waals surface area contributed by atoms with Crippen molar-refractivity contribution in [1.29, 1.82) is 0 Å². The molecule has 0 radical (unpaired) electrons. The summed E-state index contributed by atoms with van der Waals surface area (Å²) >= 11 is 1.46. The number of carbonyl (C=O) groups excluding carboxylic acids is 1. The Morgan fingerprint density at radius 3 is 2.52 bits per heavy atom. The number of hydrogen-bond donors (Lipinski definition) is 2. The van der Waals surface area contributed by atoms with Crippen molar-refractivity contribution >= 4 is 29.6 Å². The Balaban J connectivity index is 2.47. The molecule has 118 valence electrons. The molecule has 0 aliphatic rings. The van der Waals surface area contributed by atoms with Crippen LogP contribution in [0.3, 0.4) is 0 Å². The molecule has 1 atom stereocenters. The van der Waals surface area contributed by atoms with Gasteiger partial charge in [-0.25, -0.2) is 0 Å². The second-order valence-corrected chi connectivity index (χ2v) is 6.38. The highest BCUT2D eigenvalue weighted by molar-refractivity contribution is 7.99. The Hall–Kier alpha value is -1.57. The quantitative estimate of drug-likeness (QED) is 0.772. The monoisotopic (exact) mass is 312 g/mol. The predicted molar refractivity (Wildman–Crippen MR) is 87.2 cm³/mol. The molecule has 0 aliphatic carbocycles. The fourth-order valence-corrected chi connectivity index (χ4v) is 2.07. The molecular formula is C13H24N6OS. The number of nitrogens with one attached hydrogen (secondary N) is 1. The van der Waals surface area contributed by atoms with Gasteiger partial charge in [0.05, 0.1) is 11.5 Å². The van der Waals surface area contributed by atoms with Crippen LogP contribution in [0.5, 0.6) is 0 Å². The predicted octanol–water partition coefficient (Wildman–Crippen LogP) is 0.914. The Bertz CT molecular complexity index is 480. The van der Waals surface area contributed by atoms with Gasteiger partial charge in [-0.1, -0.05) is 13.8 Å².